The molecule has 1 aliphatic heterocycles. The van der Waals surface area contributed by atoms with Crippen molar-refractivity contribution in [2.24, 2.45) is 0 Å². The molecular formula is C29H36O14. The first-order valence-electron chi connectivity index (χ1n) is 13.3. The van der Waals surface area contributed by atoms with Crippen LogP contribution in [0.4, 0.5) is 0 Å². The third kappa shape index (κ3) is 10.9. The Balaban J connectivity index is 2.08. The van der Waals surface area contributed by atoms with E-state index in [0.717, 1.165) is 19.4 Å². The minimum Gasteiger partial charge on any atom is -0.496 e. The van der Waals surface area contributed by atoms with E-state index < -0.39 is 48.7 Å². The van der Waals surface area contributed by atoms with Crippen LogP contribution >= 0.6 is 0 Å². The molecule has 0 radical (unpaired) electrons. The van der Waals surface area contributed by atoms with E-state index in [-0.39, 0.29) is 56.8 Å². The summed E-state index contributed by atoms with van der Waals surface area (Å²) in [6.07, 6.45) is 0.487. The maximum absolute atomic E-state index is 12.6. The van der Waals surface area contributed by atoms with Crippen molar-refractivity contribution in [2.45, 2.75) is 72.5 Å². The molecular weight excluding hydrogens is 572 g/mol. The first-order chi connectivity index (χ1) is 20.3. The maximum Gasteiger partial charge on any atom is 0.342 e. The fourth-order valence-corrected chi connectivity index (χ4v) is 4.06. The number of hydrogen-bond acceptors (Lipinski definition) is 13. The highest BCUT2D eigenvalue weighted by Crippen LogP contribution is 2.43. The number of rotatable bonds is 17. The number of hydrogen-bond donors (Lipinski definition) is 1. The van der Waals surface area contributed by atoms with Gasteiger partial charge in [-0.15, -0.1) is 0 Å². The van der Waals surface area contributed by atoms with E-state index in [1.54, 1.807) is 19.9 Å². The molecule has 43 heavy (non-hydrogen) atoms. The smallest absolute Gasteiger partial charge is 0.342 e. The van der Waals surface area contributed by atoms with E-state index in [1.165, 1.54) is 7.11 Å². The highest BCUT2D eigenvalue weighted by Gasteiger charge is 2.33. The van der Waals surface area contributed by atoms with Crippen molar-refractivity contribution in [2.75, 3.05) is 27.1 Å². The molecule has 0 fully saturated rings. The second-order valence-corrected chi connectivity index (χ2v) is 9.54. The number of fused-ring (bicyclic) bond motifs is 1. The molecule has 0 atom stereocenters. The van der Waals surface area contributed by atoms with Crippen LogP contribution in [0.2, 0.25) is 0 Å². The Kier molecular flexibility index (Phi) is 13.5. The van der Waals surface area contributed by atoms with Crippen LogP contribution < -0.4 is 9.47 Å². The fourth-order valence-electron chi connectivity index (χ4n) is 4.06. The fraction of sp³-hybridized carbons (Fsp3) is 0.517. The molecule has 0 aliphatic carbocycles. The summed E-state index contributed by atoms with van der Waals surface area (Å²) in [5.74, 6) is -3.86. The van der Waals surface area contributed by atoms with Gasteiger partial charge in [0.15, 0.2) is 6.10 Å². The number of carbonyl (C=O) groups excluding carboxylic acids is 5. The van der Waals surface area contributed by atoms with Gasteiger partial charge in [0.05, 0.1) is 20.0 Å². The topological polar surface area (TPSA) is 187 Å². The van der Waals surface area contributed by atoms with Gasteiger partial charge in [-0.05, 0) is 32.3 Å². The first kappa shape index (κ1) is 34.6. The molecule has 0 saturated carbocycles. The molecule has 1 heterocycles. The Morgan fingerprint density at radius 1 is 0.907 bits per heavy atom. The van der Waals surface area contributed by atoms with E-state index in [4.69, 9.17) is 38.3 Å². The quantitative estimate of drug-likeness (QED) is 0.118. The Bertz CT molecular complexity index is 1240. The second kappa shape index (κ2) is 16.7. The lowest BCUT2D eigenvalue weighted by molar-refractivity contribution is -0.166. The molecule has 0 unspecified atom stereocenters. The van der Waals surface area contributed by atoms with Crippen LogP contribution in [-0.4, -0.2) is 74.1 Å². The minimum atomic E-state index is -1.06. The van der Waals surface area contributed by atoms with E-state index in [1.807, 2.05) is 0 Å². The van der Waals surface area contributed by atoms with Crippen molar-refractivity contribution < 1.29 is 67.0 Å². The van der Waals surface area contributed by atoms with E-state index in [9.17, 15) is 28.8 Å². The summed E-state index contributed by atoms with van der Waals surface area (Å²) in [6, 6.07) is 0. The Labute approximate surface area is 248 Å². The third-order valence-corrected chi connectivity index (χ3v) is 6.21. The monoisotopic (exact) mass is 608 g/mol. The van der Waals surface area contributed by atoms with Gasteiger partial charge in [0.1, 0.15) is 36.9 Å². The number of aliphatic carboxylic acids is 1. The first-order valence-corrected chi connectivity index (χ1v) is 13.3. The largest absolute Gasteiger partial charge is 0.496 e. The normalized spacial score (nSPS) is 12.2. The van der Waals surface area contributed by atoms with Gasteiger partial charge >= 0.3 is 35.8 Å². The minimum absolute atomic E-state index is 0.0122. The number of carbonyl (C=O) groups is 6. The van der Waals surface area contributed by atoms with Gasteiger partial charge in [-0.25, -0.2) is 4.79 Å². The van der Waals surface area contributed by atoms with Crippen LogP contribution in [-0.2, 0) is 60.7 Å². The van der Waals surface area contributed by atoms with Crippen molar-refractivity contribution in [1.29, 1.82) is 0 Å². The van der Waals surface area contributed by atoms with Crippen molar-refractivity contribution in [3.63, 3.8) is 0 Å². The van der Waals surface area contributed by atoms with Gasteiger partial charge in [0, 0.05) is 31.4 Å². The third-order valence-electron chi connectivity index (χ3n) is 6.21. The maximum atomic E-state index is 12.6. The van der Waals surface area contributed by atoms with Crippen LogP contribution in [0.15, 0.2) is 11.6 Å². The number of carboxylic acid groups (broad SMARTS) is 1. The summed E-state index contributed by atoms with van der Waals surface area (Å²) in [7, 11) is 1.46. The number of methoxy groups -OCH3 is 1. The molecule has 2 rings (SSSR count). The zero-order valence-electron chi connectivity index (χ0n) is 24.8. The van der Waals surface area contributed by atoms with Gasteiger partial charge in [-0.1, -0.05) is 11.6 Å². The van der Waals surface area contributed by atoms with Crippen LogP contribution in [0.1, 0.15) is 73.5 Å². The highest BCUT2D eigenvalue weighted by atomic mass is 16.7. The molecule has 1 aromatic rings. The Morgan fingerprint density at radius 3 is 2.12 bits per heavy atom. The molecule has 0 amide bonds. The van der Waals surface area contributed by atoms with Crippen LogP contribution in [0, 0.1) is 6.92 Å². The van der Waals surface area contributed by atoms with Crippen LogP contribution in [0.3, 0.4) is 0 Å². The second-order valence-electron chi connectivity index (χ2n) is 9.54. The molecule has 0 saturated heterocycles. The summed E-state index contributed by atoms with van der Waals surface area (Å²) in [4.78, 5) is 70.2. The highest BCUT2D eigenvalue weighted by molar-refractivity contribution is 5.98. The molecule has 236 valence electrons. The van der Waals surface area contributed by atoms with Gasteiger partial charge in [-0.2, -0.15) is 0 Å². The molecule has 1 aliphatic rings. The van der Waals surface area contributed by atoms with Crippen molar-refractivity contribution in [3.8, 4) is 11.5 Å². The lowest BCUT2D eigenvalue weighted by atomic mass is 9.94. The van der Waals surface area contributed by atoms with Gasteiger partial charge < -0.3 is 38.3 Å². The number of benzene rings is 1. The summed E-state index contributed by atoms with van der Waals surface area (Å²) in [6.45, 7) is 4.62. The van der Waals surface area contributed by atoms with Crippen molar-refractivity contribution >= 4 is 35.8 Å². The molecule has 0 bridgehead atoms. The molecule has 0 spiro atoms. The van der Waals surface area contributed by atoms with E-state index in [0.29, 0.717) is 28.9 Å². The molecule has 14 heteroatoms. The van der Waals surface area contributed by atoms with Crippen molar-refractivity contribution in [1.82, 2.24) is 0 Å². The van der Waals surface area contributed by atoms with Gasteiger partial charge in [0.2, 0.25) is 6.79 Å². The molecule has 14 nitrogen and oxygen atoms in total. The average molecular weight is 609 g/mol. The Morgan fingerprint density at radius 2 is 1.53 bits per heavy atom. The lowest BCUT2D eigenvalue weighted by Crippen LogP contribution is -2.30. The zero-order valence-corrected chi connectivity index (χ0v) is 24.8. The molecule has 0 aromatic heterocycles. The van der Waals surface area contributed by atoms with Crippen LogP contribution in [0.5, 0.6) is 11.5 Å². The molecule has 1 N–H and O–H groups in total. The van der Waals surface area contributed by atoms with Crippen molar-refractivity contribution in [3.05, 3.63) is 33.9 Å². The number of ether oxygens (including phenoxy) is 7. The Hall–Kier alpha value is -4.62. The lowest BCUT2D eigenvalue weighted by Gasteiger charge is -2.19. The van der Waals surface area contributed by atoms with Gasteiger partial charge in [-0.3, -0.25) is 24.0 Å². The SMILES string of the molecule is COc1c(C)c2c(c(OCOC(=O)CCC(=O)OC(COC(C)=O)COC(C)=O)c1C/C=C(\C)CCC(=O)O)C(=O)OC2. The predicted octanol–water partition coefficient (Wildman–Crippen LogP) is 2.73. The van der Waals surface area contributed by atoms with Crippen LogP contribution in [0.25, 0.3) is 0 Å². The number of carboxylic acids is 1. The summed E-state index contributed by atoms with van der Waals surface area (Å²) in [5.41, 5.74) is 2.71. The summed E-state index contributed by atoms with van der Waals surface area (Å²) >= 11 is 0. The predicted molar refractivity (Wildman–Crippen MR) is 145 cm³/mol. The standard InChI is InChI=1S/C29H36O14/c1-16(7-9-23(32)33)6-8-21-27(37-5)17(2)22-14-40-29(36)26(22)28(21)42-15-41-24(34)10-11-25(35)43-20(12-38-18(3)30)13-39-19(4)31/h6,20H,7-15H2,1-5H3,(H,32,33)/b16-6+. The number of allylic oxidation sites excluding steroid dienone is 2. The summed E-state index contributed by atoms with van der Waals surface area (Å²) in [5, 5.41) is 8.96. The number of cyclic esters (lactones) is 1. The van der Waals surface area contributed by atoms with E-state index >= 15 is 0 Å². The number of esters is 5. The molecule has 1 aromatic carbocycles. The zero-order chi connectivity index (χ0) is 32.1. The van der Waals surface area contributed by atoms with Gasteiger partial charge in [0.25, 0.3) is 0 Å². The summed E-state index contributed by atoms with van der Waals surface area (Å²) < 4.78 is 36.4. The van der Waals surface area contributed by atoms with E-state index in [2.05, 4.69) is 0 Å². The average Bonchev–Trinajstić information content (AvgIpc) is 3.33.